The number of benzene rings is 3. The van der Waals surface area contributed by atoms with Crippen molar-refractivity contribution in [1.82, 2.24) is 4.90 Å². The van der Waals surface area contributed by atoms with Gasteiger partial charge in [-0.2, -0.15) is 0 Å². The highest BCUT2D eigenvalue weighted by Crippen LogP contribution is 2.25. The van der Waals surface area contributed by atoms with Crippen molar-refractivity contribution in [3.8, 4) is 0 Å². The molecule has 6 heteroatoms. The molecule has 0 saturated heterocycles. The molecule has 0 saturated carbocycles. The van der Waals surface area contributed by atoms with Gasteiger partial charge in [0.1, 0.15) is 0 Å². The molecule has 1 heterocycles. The number of fused-ring (bicyclic) bond motifs is 2. The molecule has 4 rings (SSSR count). The van der Waals surface area contributed by atoms with E-state index in [4.69, 9.17) is 0 Å². The van der Waals surface area contributed by atoms with Crippen molar-refractivity contribution in [2.24, 2.45) is 0 Å². The van der Waals surface area contributed by atoms with Gasteiger partial charge in [0.25, 0.3) is 11.8 Å². The molecule has 1 aliphatic heterocycles. The van der Waals surface area contributed by atoms with E-state index >= 15 is 0 Å². The van der Waals surface area contributed by atoms with Crippen LogP contribution in [0, 0.1) is 0 Å². The van der Waals surface area contributed by atoms with Gasteiger partial charge in [-0.3, -0.25) is 19.3 Å². The molecule has 3 amide bonds. The minimum atomic E-state index is -0.346. The van der Waals surface area contributed by atoms with Gasteiger partial charge in [0, 0.05) is 18.5 Å². The van der Waals surface area contributed by atoms with Crippen LogP contribution in [0.15, 0.2) is 60.7 Å². The van der Waals surface area contributed by atoms with Gasteiger partial charge in [-0.1, -0.05) is 42.5 Å². The molecule has 3 aromatic rings. The summed E-state index contributed by atoms with van der Waals surface area (Å²) in [6.45, 7) is 0. The van der Waals surface area contributed by atoms with Gasteiger partial charge in [-0.15, -0.1) is 11.8 Å². The van der Waals surface area contributed by atoms with Crippen LogP contribution in [0.4, 0.5) is 5.69 Å². The standard InChI is InChI=1S/C22H18N2O3S/c1-24-21(26)18-10-9-16(11-19(18)22(24)27)23-20(25)13-28-12-15-7-4-6-14-5-2-3-8-17(14)15/h2-11H,12-13H2,1H3,(H,23,25). The first-order valence-corrected chi connectivity index (χ1v) is 10.0. The number of carbonyl (C=O) groups excluding carboxylic acids is 3. The summed E-state index contributed by atoms with van der Waals surface area (Å²) in [5.74, 6) is 0.226. The molecule has 0 fully saturated rings. The highest BCUT2D eigenvalue weighted by atomic mass is 32.2. The molecule has 1 N–H and O–H groups in total. The number of anilines is 1. The first-order valence-electron chi connectivity index (χ1n) is 8.85. The van der Waals surface area contributed by atoms with Crippen molar-refractivity contribution in [3.63, 3.8) is 0 Å². The van der Waals surface area contributed by atoms with Crippen LogP contribution >= 0.6 is 11.8 Å². The number of hydrogen-bond acceptors (Lipinski definition) is 4. The van der Waals surface area contributed by atoms with Crippen LogP contribution in [0.1, 0.15) is 26.3 Å². The quantitative estimate of drug-likeness (QED) is 0.670. The summed E-state index contributed by atoms with van der Waals surface area (Å²) < 4.78 is 0. The molecule has 3 aromatic carbocycles. The van der Waals surface area contributed by atoms with Crippen molar-refractivity contribution in [3.05, 3.63) is 77.4 Å². The Hall–Kier alpha value is -3.12. The van der Waals surface area contributed by atoms with Crippen LogP contribution in [0.25, 0.3) is 10.8 Å². The third-order valence-corrected chi connectivity index (χ3v) is 5.73. The van der Waals surface area contributed by atoms with Gasteiger partial charge < -0.3 is 5.32 Å². The number of amides is 3. The van der Waals surface area contributed by atoms with Crippen LogP contribution < -0.4 is 5.32 Å². The lowest BCUT2D eigenvalue weighted by atomic mass is 10.1. The molecule has 0 unspecified atom stereocenters. The van der Waals surface area contributed by atoms with E-state index in [1.807, 2.05) is 18.2 Å². The molecular formula is C22H18N2O3S. The summed E-state index contributed by atoms with van der Waals surface area (Å²) in [6, 6.07) is 19.2. The first-order chi connectivity index (χ1) is 13.5. The Morgan fingerprint density at radius 3 is 2.57 bits per heavy atom. The van der Waals surface area contributed by atoms with Crippen LogP contribution in [0.5, 0.6) is 0 Å². The van der Waals surface area contributed by atoms with Crippen molar-refractivity contribution in [1.29, 1.82) is 0 Å². The molecule has 0 aliphatic carbocycles. The maximum atomic E-state index is 12.3. The topological polar surface area (TPSA) is 66.5 Å². The average Bonchev–Trinajstić information content (AvgIpc) is 2.92. The van der Waals surface area contributed by atoms with Gasteiger partial charge in [0.2, 0.25) is 5.91 Å². The molecule has 0 aromatic heterocycles. The third-order valence-electron chi connectivity index (χ3n) is 4.74. The van der Waals surface area contributed by atoms with E-state index in [9.17, 15) is 14.4 Å². The summed E-state index contributed by atoms with van der Waals surface area (Å²) in [7, 11) is 1.45. The van der Waals surface area contributed by atoms with E-state index < -0.39 is 0 Å². The highest BCUT2D eigenvalue weighted by Gasteiger charge is 2.32. The number of nitrogens with zero attached hydrogens (tertiary/aromatic N) is 1. The van der Waals surface area contributed by atoms with E-state index in [1.165, 1.54) is 35.1 Å². The Morgan fingerprint density at radius 1 is 0.964 bits per heavy atom. The van der Waals surface area contributed by atoms with Crippen LogP contribution in [-0.4, -0.2) is 35.4 Å². The lowest BCUT2D eigenvalue weighted by Crippen LogP contribution is -2.24. The second-order valence-electron chi connectivity index (χ2n) is 6.61. The van der Waals surface area contributed by atoms with E-state index in [0.717, 1.165) is 10.7 Å². The van der Waals surface area contributed by atoms with Gasteiger partial charge in [0.15, 0.2) is 0 Å². The number of imide groups is 1. The predicted molar refractivity (Wildman–Crippen MR) is 112 cm³/mol. The van der Waals surface area contributed by atoms with Crippen molar-refractivity contribution in [2.45, 2.75) is 5.75 Å². The zero-order valence-electron chi connectivity index (χ0n) is 15.3. The minimum Gasteiger partial charge on any atom is -0.325 e. The van der Waals surface area contributed by atoms with Gasteiger partial charge in [-0.25, -0.2) is 0 Å². The Morgan fingerprint density at radius 2 is 1.71 bits per heavy atom. The zero-order chi connectivity index (χ0) is 19.7. The van der Waals surface area contributed by atoms with Gasteiger partial charge in [-0.05, 0) is 34.5 Å². The minimum absolute atomic E-state index is 0.143. The Kier molecular flexibility index (Phi) is 4.88. The first kappa shape index (κ1) is 18.3. The smallest absolute Gasteiger partial charge is 0.261 e. The van der Waals surface area contributed by atoms with Crippen LogP contribution in [-0.2, 0) is 10.5 Å². The van der Waals surface area contributed by atoms with Gasteiger partial charge >= 0.3 is 0 Å². The number of carbonyl (C=O) groups is 3. The molecule has 0 atom stereocenters. The molecule has 0 spiro atoms. The number of nitrogens with one attached hydrogen (secondary N) is 1. The summed E-state index contributed by atoms with van der Waals surface area (Å²) >= 11 is 1.53. The van der Waals surface area contributed by atoms with Crippen molar-refractivity contribution >= 4 is 45.9 Å². The number of hydrogen-bond donors (Lipinski definition) is 1. The number of rotatable bonds is 5. The molecule has 5 nitrogen and oxygen atoms in total. The van der Waals surface area contributed by atoms with E-state index in [-0.39, 0.29) is 17.7 Å². The molecular weight excluding hydrogens is 372 g/mol. The van der Waals surface area contributed by atoms with E-state index in [1.54, 1.807) is 18.2 Å². The fourth-order valence-corrected chi connectivity index (χ4v) is 4.14. The largest absolute Gasteiger partial charge is 0.325 e. The summed E-state index contributed by atoms with van der Waals surface area (Å²) in [4.78, 5) is 37.4. The Labute approximate surface area is 166 Å². The van der Waals surface area contributed by atoms with Gasteiger partial charge in [0.05, 0.1) is 16.9 Å². The maximum absolute atomic E-state index is 12.3. The summed E-state index contributed by atoms with van der Waals surface area (Å²) in [6.07, 6.45) is 0. The third kappa shape index (κ3) is 3.39. The Bertz CT molecular complexity index is 1100. The Balaban J connectivity index is 1.38. The van der Waals surface area contributed by atoms with E-state index in [0.29, 0.717) is 22.6 Å². The molecule has 0 radical (unpaired) electrons. The lowest BCUT2D eigenvalue weighted by molar-refractivity contribution is -0.113. The monoisotopic (exact) mass is 390 g/mol. The van der Waals surface area contributed by atoms with Crippen LogP contribution in [0.3, 0.4) is 0 Å². The molecule has 0 bridgehead atoms. The molecule has 1 aliphatic rings. The fourth-order valence-electron chi connectivity index (χ4n) is 3.31. The molecule has 140 valence electrons. The SMILES string of the molecule is CN1C(=O)c2ccc(NC(=O)CSCc3cccc4ccccc34)cc2C1=O. The predicted octanol–water partition coefficient (Wildman–Crippen LogP) is 3.94. The van der Waals surface area contributed by atoms with Crippen LogP contribution in [0.2, 0.25) is 0 Å². The summed E-state index contributed by atoms with van der Waals surface area (Å²) in [5, 5.41) is 5.19. The zero-order valence-corrected chi connectivity index (χ0v) is 16.1. The second-order valence-corrected chi connectivity index (χ2v) is 7.59. The number of thioether (sulfide) groups is 1. The maximum Gasteiger partial charge on any atom is 0.261 e. The van der Waals surface area contributed by atoms with E-state index in [2.05, 4.69) is 29.6 Å². The van der Waals surface area contributed by atoms with Crippen molar-refractivity contribution in [2.75, 3.05) is 18.1 Å². The lowest BCUT2D eigenvalue weighted by Gasteiger charge is -2.08. The fraction of sp³-hybridized carbons (Fsp3) is 0.136. The average molecular weight is 390 g/mol. The molecule has 28 heavy (non-hydrogen) atoms. The second kappa shape index (κ2) is 7.48. The summed E-state index contributed by atoms with van der Waals surface area (Å²) in [5.41, 5.74) is 2.41. The normalized spacial score (nSPS) is 13.1. The highest BCUT2D eigenvalue weighted by molar-refractivity contribution is 7.99. The van der Waals surface area contributed by atoms with Crippen molar-refractivity contribution < 1.29 is 14.4 Å².